The van der Waals surface area contributed by atoms with E-state index in [4.69, 9.17) is 8.85 Å². The number of hydrogen-bond donors (Lipinski definition) is 0. The molecule has 31 heavy (non-hydrogen) atoms. The van der Waals surface area contributed by atoms with Crippen LogP contribution in [0.15, 0.2) is 34.1 Å². The van der Waals surface area contributed by atoms with Crippen LogP contribution in [0.2, 0.25) is 10.1 Å². The van der Waals surface area contributed by atoms with Gasteiger partial charge in [0.1, 0.15) is 31.7 Å². The SMILES string of the molecule is CC(C)(C)[Si]1(C(C)(C)C)Oc2cc(S(=O)(=O)[O-])cc3cc(S(=O)(=O)[O-])cc(c23)O1.[Na+].[Na+]. The van der Waals surface area contributed by atoms with Crippen LogP contribution in [-0.2, 0) is 20.2 Å². The molecule has 3 rings (SSSR count). The molecule has 0 spiro atoms. The standard InChI is InChI=1S/C18H24O8S2Si.2Na/c1-17(2,3)29(18(4,5)6)25-14-9-12(27(19,20)21)7-11-8-13(28(22,23)24)10-15(26-29)16(11)14;;/h7-10H,1-6H3,(H,19,20,21)(H,22,23,24);;/q;2*+1/p-2. The van der Waals surface area contributed by atoms with Crippen LogP contribution in [0, 0.1) is 0 Å². The van der Waals surface area contributed by atoms with E-state index < -0.39 is 48.7 Å². The molecule has 2 aromatic rings. The van der Waals surface area contributed by atoms with E-state index in [0.717, 1.165) is 24.3 Å². The molecule has 0 bridgehead atoms. The second-order valence-corrected chi connectivity index (χ2v) is 16.6. The summed E-state index contributed by atoms with van der Waals surface area (Å²) in [7, 11) is -13.0. The molecular formula is C18H22Na2O8S2Si. The maximum absolute atomic E-state index is 11.7. The molecule has 0 fully saturated rings. The van der Waals surface area contributed by atoms with Gasteiger partial charge in [0.15, 0.2) is 0 Å². The van der Waals surface area contributed by atoms with Crippen LogP contribution in [0.3, 0.4) is 0 Å². The molecule has 0 radical (unpaired) electrons. The van der Waals surface area contributed by atoms with Crippen molar-refractivity contribution in [3.63, 3.8) is 0 Å². The summed E-state index contributed by atoms with van der Waals surface area (Å²) in [4.78, 5) is -1.14. The molecule has 13 heteroatoms. The molecule has 160 valence electrons. The summed E-state index contributed by atoms with van der Waals surface area (Å²) < 4.78 is 82.8. The van der Waals surface area contributed by atoms with Crippen LogP contribution >= 0.6 is 0 Å². The van der Waals surface area contributed by atoms with Gasteiger partial charge in [-0.3, -0.25) is 0 Å². The monoisotopic (exact) mass is 504 g/mol. The second kappa shape index (κ2) is 8.84. The molecule has 0 saturated carbocycles. The Bertz CT molecular complexity index is 1140. The fourth-order valence-electron chi connectivity index (χ4n) is 3.90. The van der Waals surface area contributed by atoms with Gasteiger partial charge in [-0.25, -0.2) is 16.8 Å². The molecule has 0 amide bonds. The van der Waals surface area contributed by atoms with Gasteiger partial charge in [0.25, 0.3) is 0 Å². The van der Waals surface area contributed by atoms with Gasteiger partial charge in [-0.15, -0.1) is 0 Å². The minimum Gasteiger partial charge on any atom is -0.744 e. The first-order valence-electron chi connectivity index (χ1n) is 8.78. The van der Waals surface area contributed by atoms with E-state index in [1.165, 1.54) is 0 Å². The molecule has 0 aromatic heterocycles. The molecule has 2 aromatic carbocycles. The number of rotatable bonds is 2. The van der Waals surface area contributed by atoms with E-state index in [-0.39, 0.29) is 76.0 Å². The van der Waals surface area contributed by atoms with Gasteiger partial charge >= 0.3 is 67.7 Å². The van der Waals surface area contributed by atoms with Crippen LogP contribution in [0.5, 0.6) is 11.5 Å². The van der Waals surface area contributed by atoms with E-state index in [1.54, 1.807) is 0 Å². The Morgan fingerprint density at radius 2 is 1.03 bits per heavy atom. The average molecular weight is 505 g/mol. The van der Waals surface area contributed by atoms with Crippen molar-refractivity contribution in [2.24, 2.45) is 0 Å². The summed E-state index contributed by atoms with van der Waals surface area (Å²) in [6.07, 6.45) is 0. The Kier molecular flexibility index (Phi) is 8.38. The molecule has 0 unspecified atom stereocenters. The van der Waals surface area contributed by atoms with Gasteiger partial charge in [0, 0.05) is 10.1 Å². The predicted octanol–water partition coefficient (Wildman–Crippen LogP) is -2.53. The average Bonchev–Trinajstić information content (AvgIpc) is 2.50. The number of hydrogen-bond acceptors (Lipinski definition) is 8. The minimum atomic E-state index is -4.86. The van der Waals surface area contributed by atoms with E-state index in [0.29, 0.717) is 5.39 Å². The Morgan fingerprint density at radius 1 is 0.710 bits per heavy atom. The van der Waals surface area contributed by atoms with Crippen LogP contribution in [-0.4, -0.2) is 34.5 Å². The van der Waals surface area contributed by atoms with Gasteiger partial charge in [0.2, 0.25) is 0 Å². The third-order valence-corrected chi connectivity index (χ3v) is 11.6. The summed E-state index contributed by atoms with van der Waals surface area (Å²) >= 11 is 0. The van der Waals surface area contributed by atoms with Gasteiger partial charge in [-0.05, 0) is 29.7 Å². The Morgan fingerprint density at radius 3 is 1.29 bits per heavy atom. The maximum atomic E-state index is 11.7. The summed E-state index contributed by atoms with van der Waals surface area (Å²) in [6.45, 7) is 11.5. The Balaban J connectivity index is 0.00000240. The minimum absolute atomic E-state index is 0. The van der Waals surface area contributed by atoms with Crippen LogP contribution in [0.4, 0.5) is 0 Å². The maximum Gasteiger partial charge on any atom is 1.00 e. The zero-order chi connectivity index (χ0) is 22.2. The van der Waals surface area contributed by atoms with Gasteiger partial charge in [0.05, 0.1) is 15.2 Å². The fourth-order valence-corrected chi connectivity index (χ4v) is 9.41. The summed E-state index contributed by atoms with van der Waals surface area (Å²) in [6, 6.07) is 4.33. The molecule has 1 aliphatic heterocycles. The van der Waals surface area contributed by atoms with Crippen molar-refractivity contribution in [3.8, 4) is 11.5 Å². The van der Waals surface area contributed by atoms with E-state index in [9.17, 15) is 25.9 Å². The van der Waals surface area contributed by atoms with Crippen molar-refractivity contribution in [1.29, 1.82) is 0 Å². The van der Waals surface area contributed by atoms with Gasteiger partial charge < -0.3 is 18.0 Å². The molecule has 8 nitrogen and oxygen atoms in total. The van der Waals surface area contributed by atoms with Gasteiger partial charge in [-0.2, -0.15) is 0 Å². The normalized spacial score (nSPS) is 15.9. The quantitative estimate of drug-likeness (QED) is 0.323. The van der Waals surface area contributed by atoms with E-state index >= 15 is 0 Å². The third kappa shape index (κ3) is 5.22. The Labute approximate surface area is 228 Å². The largest absolute Gasteiger partial charge is 1.00 e. The van der Waals surface area contributed by atoms with Gasteiger partial charge in [-0.1, -0.05) is 41.5 Å². The van der Waals surface area contributed by atoms with Crippen molar-refractivity contribution in [2.45, 2.75) is 61.4 Å². The van der Waals surface area contributed by atoms with Crippen molar-refractivity contribution in [3.05, 3.63) is 24.3 Å². The van der Waals surface area contributed by atoms with E-state index in [2.05, 4.69) is 0 Å². The summed E-state index contributed by atoms with van der Waals surface area (Å²) in [5, 5.41) is -0.683. The smallest absolute Gasteiger partial charge is 0.744 e. The van der Waals surface area contributed by atoms with Crippen molar-refractivity contribution in [1.82, 2.24) is 0 Å². The van der Waals surface area contributed by atoms with Crippen molar-refractivity contribution >= 4 is 39.6 Å². The Hall–Kier alpha value is 0.337. The number of benzene rings is 2. The first-order valence-corrected chi connectivity index (χ1v) is 13.4. The molecule has 1 aliphatic rings. The zero-order valence-corrected chi connectivity index (χ0v) is 25.5. The zero-order valence-electron chi connectivity index (χ0n) is 18.9. The fraction of sp³-hybridized carbons (Fsp3) is 0.444. The predicted molar refractivity (Wildman–Crippen MR) is 106 cm³/mol. The molecule has 0 aliphatic carbocycles. The van der Waals surface area contributed by atoms with Crippen molar-refractivity contribution < 1.29 is 93.9 Å². The first-order chi connectivity index (χ1) is 12.9. The second-order valence-electron chi connectivity index (χ2n) is 9.17. The third-order valence-electron chi connectivity index (χ3n) is 4.98. The van der Waals surface area contributed by atoms with Crippen LogP contribution in [0.1, 0.15) is 41.5 Å². The van der Waals surface area contributed by atoms with Crippen LogP contribution < -0.4 is 68.0 Å². The topological polar surface area (TPSA) is 133 Å². The van der Waals surface area contributed by atoms with Crippen molar-refractivity contribution in [2.75, 3.05) is 0 Å². The summed E-state index contributed by atoms with van der Waals surface area (Å²) in [5.74, 6) is 0.258. The molecular weight excluding hydrogens is 482 g/mol. The summed E-state index contributed by atoms with van der Waals surface area (Å²) in [5.41, 5.74) is 0. The molecule has 0 N–H and O–H groups in total. The molecule has 0 saturated heterocycles. The molecule has 0 atom stereocenters. The van der Waals surface area contributed by atoms with E-state index in [1.807, 2.05) is 41.5 Å². The molecule has 1 heterocycles. The van der Waals surface area contributed by atoms with Crippen LogP contribution in [0.25, 0.3) is 10.8 Å². The first kappa shape index (κ1) is 29.4.